The molecule has 10 N–H and O–H groups in total. The fourth-order valence-corrected chi connectivity index (χ4v) is 6.25. The molecule has 17 nitrogen and oxygen atoms in total. The van der Waals surface area contributed by atoms with Gasteiger partial charge in [-0.2, -0.15) is 0 Å². The van der Waals surface area contributed by atoms with E-state index in [-0.39, 0.29) is 12.5 Å². The lowest BCUT2D eigenvalue weighted by atomic mass is 9.97. The van der Waals surface area contributed by atoms with Crippen LogP contribution >= 0.6 is 0 Å². The number of aliphatic hydroxyl groups is 7. The Hall–Kier alpha value is -2.03. The second kappa shape index (κ2) is 24.3. The first kappa shape index (κ1) is 45.1. The van der Waals surface area contributed by atoms with Crippen LogP contribution in [-0.4, -0.2) is 151 Å². The zero-order valence-corrected chi connectivity index (χ0v) is 29.5. The van der Waals surface area contributed by atoms with E-state index in [1.54, 1.807) is 0 Å². The molecule has 0 bridgehead atoms. The van der Waals surface area contributed by atoms with Gasteiger partial charge in [0, 0.05) is 6.42 Å². The van der Waals surface area contributed by atoms with Gasteiger partial charge >= 0.3 is 11.9 Å². The highest BCUT2D eigenvalue weighted by Crippen LogP contribution is 2.30. The third-order valence-electron chi connectivity index (χ3n) is 9.36. The maximum Gasteiger partial charge on any atom is 0.326 e. The van der Waals surface area contributed by atoms with Crippen LogP contribution in [0.2, 0.25) is 0 Å². The molecular weight excluding hydrogens is 678 g/mol. The van der Waals surface area contributed by atoms with Crippen molar-refractivity contribution in [1.82, 2.24) is 5.32 Å². The van der Waals surface area contributed by atoms with Crippen LogP contribution < -0.4 is 5.32 Å². The summed E-state index contributed by atoms with van der Waals surface area (Å²) in [6, 6.07) is -1.41. The summed E-state index contributed by atoms with van der Waals surface area (Å²) in [6.45, 7) is 0.548. The van der Waals surface area contributed by atoms with Crippen LogP contribution in [0.15, 0.2) is 0 Å². The van der Waals surface area contributed by atoms with E-state index in [1.165, 1.54) is 0 Å². The van der Waals surface area contributed by atoms with E-state index in [2.05, 4.69) is 5.32 Å². The average molecular weight is 740 g/mol. The normalized spacial score (nSPS) is 30.8. The quantitative estimate of drug-likeness (QED) is 0.0519. The van der Waals surface area contributed by atoms with Crippen LogP contribution in [0, 0.1) is 0 Å². The lowest BCUT2D eigenvalue weighted by molar-refractivity contribution is -0.371. The van der Waals surface area contributed by atoms with Crippen molar-refractivity contribution in [2.24, 2.45) is 0 Å². The number of carboxylic acid groups (broad SMARTS) is 2. The van der Waals surface area contributed by atoms with Gasteiger partial charge in [0.05, 0.1) is 25.7 Å². The lowest BCUT2D eigenvalue weighted by Gasteiger charge is -2.46. The van der Waals surface area contributed by atoms with E-state index in [1.807, 2.05) is 6.92 Å². The van der Waals surface area contributed by atoms with Gasteiger partial charge in [0.15, 0.2) is 12.6 Å². The van der Waals surface area contributed by atoms with Gasteiger partial charge in [-0.15, -0.1) is 0 Å². The van der Waals surface area contributed by atoms with Crippen molar-refractivity contribution in [3.05, 3.63) is 0 Å². The van der Waals surface area contributed by atoms with Gasteiger partial charge < -0.3 is 70.2 Å². The van der Waals surface area contributed by atoms with Crippen molar-refractivity contribution in [3.63, 3.8) is 0 Å². The van der Waals surface area contributed by atoms with Crippen LogP contribution in [0.5, 0.6) is 0 Å². The molecule has 0 aromatic heterocycles. The SMILES string of the molecule is CC(CCCCCCCCCCCCCCCC(=O)N[C@@H](CC(=O)O)C(=O)O)O[C@@H]1O[C@H](CO)[C@@H](O)[C@H](O)[C@H]1O[C@@H]1O[C@H](CO)[C@@H](O)[C@H](O)[C@H]1O. The van der Waals surface area contributed by atoms with E-state index in [9.17, 15) is 50.1 Å². The fraction of sp³-hybridized carbons (Fsp3) is 0.912. The minimum Gasteiger partial charge on any atom is -0.481 e. The van der Waals surface area contributed by atoms with Crippen LogP contribution in [0.25, 0.3) is 0 Å². The maximum atomic E-state index is 11.9. The molecule has 1 amide bonds. The topological polar surface area (TPSA) is 282 Å². The highest BCUT2D eigenvalue weighted by molar-refractivity contribution is 5.86. The molecule has 0 aromatic rings. The molecule has 51 heavy (non-hydrogen) atoms. The summed E-state index contributed by atoms with van der Waals surface area (Å²) < 4.78 is 22.8. The third kappa shape index (κ3) is 15.9. The van der Waals surface area contributed by atoms with E-state index in [4.69, 9.17) is 29.2 Å². The van der Waals surface area contributed by atoms with Crippen molar-refractivity contribution < 1.29 is 79.3 Å². The second-order valence-electron chi connectivity index (χ2n) is 13.6. The number of unbranched alkanes of at least 4 members (excludes halogenated alkanes) is 12. The summed E-state index contributed by atoms with van der Waals surface area (Å²) in [4.78, 5) is 33.6. The van der Waals surface area contributed by atoms with Crippen LogP contribution in [-0.2, 0) is 33.3 Å². The Kier molecular flexibility index (Phi) is 21.5. The third-order valence-corrected chi connectivity index (χ3v) is 9.36. The van der Waals surface area contributed by atoms with E-state index < -0.39 is 105 Å². The Morgan fingerprint density at radius 1 is 0.647 bits per heavy atom. The maximum absolute atomic E-state index is 11.9. The predicted octanol–water partition coefficient (Wildman–Crippen LogP) is -0.0888. The van der Waals surface area contributed by atoms with E-state index in [0.29, 0.717) is 12.8 Å². The zero-order valence-electron chi connectivity index (χ0n) is 29.5. The molecule has 1 unspecified atom stereocenters. The van der Waals surface area contributed by atoms with Gasteiger partial charge in [0.1, 0.15) is 54.9 Å². The molecule has 0 aromatic carbocycles. The standard InChI is InChI=1S/C34H61NO16/c1-20(48-34-31(29(44)27(42)23(19-37)50-34)51-33-30(45)28(43)26(41)22(18-36)49-33)15-13-11-9-7-5-3-2-4-6-8-10-12-14-16-24(38)35-21(32(46)47)17-25(39)40/h20-23,26-31,33-34,36-37,41-45H,2-19H2,1H3,(H,35,38)(H,39,40)(H,46,47)/t20?,21-,22+,23+,26+,27+,28-,29-,30+,31+,33-,34+/m0/s1. The minimum atomic E-state index is -1.73. The number of amides is 1. The second-order valence-corrected chi connectivity index (χ2v) is 13.6. The van der Waals surface area contributed by atoms with Gasteiger partial charge in [-0.05, 0) is 19.8 Å². The summed E-state index contributed by atoms with van der Waals surface area (Å²) in [5.41, 5.74) is 0. The van der Waals surface area contributed by atoms with E-state index >= 15 is 0 Å². The number of aliphatic hydroxyl groups excluding tert-OH is 7. The number of hydrogen-bond donors (Lipinski definition) is 10. The average Bonchev–Trinajstić information content (AvgIpc) is 3.08. The van der Waals surface area contributed by atoms with Gasteiger partial charge in [0.25, 0.3) is 0 Å². The molecule has 2 aliphatic heterocycles. The number of nitrogens with one attached hydrogen (secondary N) is 1. The number of ether oxygens (including phenoxy) is 4. The van der Waals surface area contributed by atoms with Crippen molar-refractivity contribution in [1.29, 1.82) is 0 Å². The largest absolute Gasteiger partial charge is 0.481 e. The molecule has 298 valence electrons. The van der Waals surface area contributed by atoms with Gasteiger partial charge in [-0.1, -0.05) is 77.0 Å². The van der Waals surface area contributed by atoms with Crippen molar-refractivity contribution in [2.75, 3.05) is 13.2 Å². The smallest absolute Gasteiger partial charge is 0.326 e. The molecule has 17 heteroatoms. The molecular formula is C34H61NO16. The van der Waals surface area contributed by atoms with Gasteiger partial charge in [-0.3, -0.25) is 9.59 Å². The van der Waals surface area contributed by atoms with Gasteiger partial charge in [0.2, 0.25) is 5.91 Å². The molecule has 2 heterocycles. The van der Waals surface area contributed by atoms with E-state index in [0.717, 1.165) is 77.0 Å². The number of carbonyl (C=O) groups excluding carboxylic acids is 1. The number of rotatable bonds is 26. The van der Waals surface area contributed by atoms with Crippen LogP contribution in [0.4, 0.5) is 0 Å². The summed E-state index contributed by atoms with van der Waals surface area (Å²) >= 11 is 0. The molecule has 2 aliphatic rings. The highest BCUT2D eigenvalue weighted by atomic mass is 16.8. The zero-order chi connectivity index (χ0) is 37.9. The Balaban J connectivity index is 1.57. The molecule has 2 saturated heterocycles. The van der Waals surface area contributed by atoms with Crippen molar-refractivity contribution in [2.45, 2.75) is 183 Å². The summed E-state index contributed by atoms with van der Waals surface area (Å²) in [5.74, 6) is -3.09. The van der Waals surface area contributed by atoms with Gasteiger partial charge in [-0.25, -0.2) is 4.79 Å². The molecule has 0 aliphatic carbocycles. The number of aliphatic carboxylic acids is 2. The number of carbonyl (C=O) groups is 3. The molecule has 0 radical (unpaired) electrons. The first-order valence-corrected chi connectivity index (χ1v) is 18.3. The van der Waals surface area contributed by atoms with Crippen molar-refractivity contribution >= 4 is 17.8 Å². The predicted molar refractivity (Wildman–Crippen MR) is 178 cm³/mol. The summed E-state index contributed by atoms with van der Waals surface area (Å²) in [5, 5.41) is 90.8. The van der Waals surface area contributed by atoms with Crippen molar-refractivity contribution in [3.8, 4) is 0 Å². The Bertz CT molecular complexity index is 1000. The minimum absolute atomic E-state index is 0.175. The Labute approximate surface area is 298 Å². The monoisotopic (exact) mass is 739 g/mol. The number of carboxylic acids is 2. The summed E-state index contributed by atoms with van der Waals surface area (Å²) in [6.07, 6.45) is -1.78. The summed E-state index contributed by atoms with van der Waals surface area (Å²) in [7, 11) is 0. The lowest BCUT2D eigenvalue weighted by Crippen LogP contribution is -2.64. The first-order chi connectivity index (χ1) is 24.3. The molecule has 2 fully saturated rings. The molecule has 0 saturated carbocycles. The first-order valence-electron chi connectivity index (χ1n) is 18.3. The number of hydrogen-bond acceptors (Lipinski definition) is 14. The Morgan fingerprint density at radius 3 is 1.61 bits per heavy atom. The fourth-order valence-electron chi connectivity index (χ4n) is 6.25. The molecule has 12 atom stereocenters. The Morgan fingerprint density at radius 2 is 1.12 bits per heavy atom. The molecule has 2 rings (SSSR count). The van der Waals surface area contributed by atoms with Crippen LogP contribution in [0.3, 0.4) is 0 Å². The highest BCUT2D eigenvalue weighted by Gasteiger charge is 2.51. The molecule has 0 spiro atoms. The van der Waals surface area contributed by atoms with Crippen LogP contribution in [0.1, 0.15) is 110 Å².